The number of carbonyl (C=O) groups excluding carboxylic acids is 1. The molecule has 1 aliphatic rings. The van der Waals surface area contributed by atoms with Crippen molar-refractivity contribution in [1.29, 1.82) is 0 Å². The molecule has 0 aliphatic carbocycles. The molecule has 1 aliphatic heterocycles. The van der Waals surface area contributed by atoms with E-state index in [1.165, 1.54) is 21.8 Å². The second-order valence-electron chi connectivity index (χ2n) is 6.41. The molecule has 0 saturated carbocycles. The Balaban J connectivity index is 1.48. The topological polar surface area (TPSA) is 91.5 Å². The monoisotopic (exact) mass is 369 g/mol. The molecule has 9 nitrogen and oxygen atoms in total. The molecule has 0 radical (unpaired) electrons. The minimum Gasteiger partial charge on any atom is -0.486 e. The number of aryl methyl sites for hydroxylation is 1. The number of nitrogens with zero attached hydrogens (tertiary/aromatic N) is 5. The van der Waals surface area contributed by atoms with E-state index in [1.54, 1.807) is 19.0 Å². The molecule has 0 saturated heterocycles. The van der Waals surface area contributed by atoms with Crippen molar-refractivity contribution in [2.45, 2.75) is 13.1 Å². The van der Waals surface area contributed by atoms with E-state index in [0.29, 0.717) is 42.3 Å². The van der Waals surface area contributed by atoms with Crippen LogP contribution in [0.25, 0.3) is 11.0 Å². The molecule has 4 rings (SSSR count). The van der Waals surface area contributed by atoms with Crippen LogP contribution in [0.4, 0.5) is 0 Å². The highest BCUT2D eigenvalue weighted by atomic mass is 16.6. The third-order valence-corrected chi connectivity index (χ3v) is 4.48. The fourth-order valence-corrected chi connectivity index (χ4v) is 2.99. The van der Waals surface area contributed by atoms with Crippen molar-refractivity contribution < 1.29 is 14.3 Å². The molecule has 0 bridgehead atoms. The highest BCUT2D eigenvalue weighted by molar-refractivity contribution is 5.77. The van der Waals surface area contributed by atoms with Crippen LogP contribution in [0, 0.1) is 0 Å². The van der Waals surface area contributed by atoms with Gasteiger partial charge in [0.15, 0.2) is 17.1 Å². The van der Waals surface area contributed by atoms with Crippen LogP contribution in [-0.2, 0) is 24.9 Å². The molecule has 0 N–H and O–H groups in total. The highest BCUT2D eigenvalue weighted by Crippen LogP contribution is 2.31. The molecule has 27 heavy (non-hydrogen) atoms. The third kappa shape index (κ3) is 3.23. The van der Waals surface area contributed by atoms with Crippen LogP contribution in [0.1, 0.15) is 5.56 Å². The first-order chi connectivity index (χ1) is 13.0. The molecule has 0 fully saturated rings. The van der Waals surface area contributed by atoms with E-state index in [-0.39, 0.29) is 18.0 Å². The van der Waals surface area contributed by atoms with E-state index in [2.05, 4.69) is 10.1 Å². The van der Waals surface area contributed by atoms with Crippen LogP contribution in [0.3, 0.4) is 0 Å². The lowest BCUT2D eigenvalue weighted by Crippen LogP contribution is -2.33. The first-order valence-corrected chi connectivity index (χ1v) is 8.52. The molecule has 2 aromatic heterocycles. The van der Waals surface area contributed by atoms with Gasteiger partial charge in [-0.2, -0.15) is 5.10 Å². The van der Waals surface area contributed by atoms with Crippen LogP contribution >= 0.6 is 0 Å². The minimum atomic E-state index is -0.283. The van der Waals surface area contributed by atoms with Crippen LogP contribution in [0.5, 0.6) is 11.5 Å². The zero-order valence-corrected chi connectivity index (χ0v) is 15.1. The number of hydrogen-bond acceptors (Lipinski definition) is 6. The summed E-state index contributed by atoms with van der Waals surface area (Å²) < 4.78 is 13.9. The second kappa shape index (κ2) is 6.75. The molecule has 1 amide bonds. The van der Waals surface area contributed by atoms with Gasteiger partial charge in [-0.25, -0.2) is 4.98 Å². The quantitative estimate of drug-likeness (QED) is 0.667. The highest BCUT2D eigenvalue weighted by Gasteiger charge is 2.16. The lowest BCUT2D eigenvalue weighted by atomic mass is 10.2. The minimum absolute atomic E-state index is 0.0856. The summed E-state index contributed by atoms with van der Waals surface area (Å²) in [5.74, 6) is 1.19. The summed E-state index contributed by atoms with van der Waals surface area (Å²) in [6.07, 6.45) is 2.84. The lowest BCUT2D eigenvalue weighted by molar-refractivity contribution is -0.131. The van der Waals surface area contributed by atoms with Crippen molar-refractivity contribution in [1.82, 2.24) is 24.2 Å². The van der Waals surface area contributed by atoms with Gasteiger partial charge >= 0.3 is 0 Å². The van der Waals surface area contributed by atoms with E-state index < -0.39 is 0 Å². The third-order valence-electron chi connectivity index (χ3n) is 4.48. The molecule has 0 atom stereocenters. The molecule has 0 unspecified atom stereocenters. The van der Waals surface area contributed by atoms with Crippen LogP contribution in [-0.4, -0.2) is 50.4 Å². The fourth-order valence-electron chi connectivity index (χ4n) is 2.99. The molecule has 140 valence electrons. The van der Waals surface area contributed by atoms with Gasteiger partial charge in [0.05, 0.1) is 6.20 Å². The Bertz CT molecular complexity index is 1070. The Morgan fingerprint density at radius 2 is 2.04 bits per heavy atom. The van der Waals surface area contributed by atoms with Gasteiger partial charge in [-0.3, -0.25) is 18.8 Å². The summed E-state index contributed by atoms with van der Waals surface area (Å²) in [4.78, 5) is 30.8. The summed E-state index contributed by atoms with van der Waals surface area (Å²) in [7, 11) is 3.41. The zero-order valence-electron chi connectivity index (χ0n) is 15.1. The molecule has 0 spiro atoms. The molecule has 3 aromatic rings. The van der Waals surface area contributed by atoms with Crippen molar-refractivity contribution in [3.8, 4) is 11.5 Å². The molecule has 3 heterocycles. The molecular formula is C18H19N5O4. The maximum absolute atomic E-state index is 12.6. The van der Waals surface area contributed by atoms with E-state index in [1.807, 2.05) is 18.2 Å². The van der Waals surface area contributed by atoms with Crippen molar-refractivity contribution in [2.24, 2.45) is 7.05 Å². The van der Waals surface area contributed by atoms with E-state index in [9.17, 15) is 9.59 Å². The summed E-state index contributed by atoms with van der Waals surface area (Å²) in [5, 5.41) is 4.42. The Labute approximate surface area is 154 Å². The Morgan fingerprint density at radius 1 is 1.26 bits per heavy atom. The smallest absolute Gasteiger partial charge is 0.264 e. The maximum atomic E-state index is 12.6. The van der Waals surface area contributed by atoms with Gasteiger partial charge in [0.1, 0.15) is 31.5 Å². The number of amides is 1. The van der Waals surface area contributed by atoms with Gasteiger partial charge in [-0.15, -0.1) is 0 Å². The largest absolute Gasteiger partial charge is 0.486 e. The van der Waals surface area contributed by atoms with Crippen molar-refractivity contribution in [3.63, 3.8) is 0 Å². The van der Waals surface area contributed by atoms with E-state index in [4.69, 9.17) is 9.47 Å². The normalized spacial score (nSPS) is 13.0. The Kier molecular flexibility index (Phi) is 4.27. The van der Waals surface area contributed by atoms with Crippen LogP contribution in [0.2, 0.25) is 0 Å². The molecular weight excluding hydrogens is 350 g/mol. The average molecular weight is 369 g/mol. The Hall–Kier alpha value is -3.36. The van der Waals surface area contributed by atoms with Gasteiger partial charge in [-0.05, 0) is 17.7 Å². The number of hydrogen-bond donors (Lipinski definition) is 0. The number of ether oxygens (including phenoxy) is 2. The number of fused-ring (bicyclic) bond motifs is 2. The summed E-state index contributed by atoms with van der Waals surface area (Å²) in [6, 6.07) is 5.60. The van der Waals surface area contributed by atoms with Gasteiger partial charge in [0.2, 0.25) is 5.91 Å². The van der Waals surface area contributed by atoms with Gasteiger partial charge < -0.3 is 14.4 Å². The van der Waals surface area contributed by atoms with Gasteiger partial charge in [-0.1, -0.05) is 6.07 Å². The predicted molar refractivity (Wildman–Crippen MR) is 96.7 cm³/mol. The van der Waals surface area contributed by atoms with E-state index in [0.717, 1.165) is 5.56 Å². The molecule has 1 aromatic carbocycles. The number of aromatic nitrogens is 4. The van der Waals surface area contributed by atoms with Crippen molar-refractivity contribution in [2.75, 3.05) is 20.3 Å². The Morgan fingerprint density at radius 3 is 2.85 bits per heavy atom. The number of carbonyl (C=O) groups is 1. The van der Waals surface area contributed by atoms with E-state index >= 15 is 0 Å². The zero-order chi connectivity index (χ0) is 19.0. The van der Waals surface area contributed by atoms with Crippen LogP contribution in [0.15, 0.2) is 35.5 Å². The lowest BCUT2D eigenvalue weighted by Gasteiger charge is -2.21. The standard InChI is InChI=1S/C18H19N5O4/c1-21(9-12-3-4-14-15(7-12)27-6-5-26-14)16(24)10-23-11-19-17-13(18(23)25)8-20-22(17)2/h3-4,7-8,11H,5-6,9-10H2,1-2H3. The van der Waals surface area contributed by atoms with Crippen LogP contribution < -0.4 is 15.0 Å². The SMILES string of the molecule is CN(Cc1ccc2c(c1)OCCO2)C(=O)Cn1cnc2c(cnn2C)c1=O. The number of likely N-dealkylation sites (N-methyl/N-ethyl adjacent to an activating group) is 1. The second-order valence-corrected chi connectivity index (χ2v) is 6.41. The van der Waals surface area contributed by atoms with Crippen molar-refractivity contribution in [3.05, 3.63) is 46.6 Å². The van der Waals surface area contributed by atoms with Gasteiger partial charge in [0.25, 0.3) is 5.56 Å². The molecule has 9 heteroatoms. The predicted octanol–water partition coefficient (Wildman–Crippen LogP) is 0.560. The average Bonchev–Trinajstić information content (AvgIpc) is 3.05. The van der Waals surface area contributed by atoms with Crippen molar-refractivity contribution >= 4 is 16.9 Å². The summed E-state index contributed by atoms with van der Waals surface area (Å²) in [5.41, 5.74) is 1.13. The number of rotatable bonds is 4. The van der Waals surface area contributed by atoms with Gasteiger partial charge in [0, 0.05) is 20.6 Å². The number of benzene rings is 1. The first kappa shape index (κ1) is 17.1. The fraction of sp³-hybridized carbons (Fsp3) is 0.333. The summed E-state index contributed by atoms with van der Waals surface area (Å²) in [6.45, 7) is 1.36. The first-order valence-electron chi connectivity index (χ1n) is 8.52. The maximum Gasteiger partial charge on any atom is 0.264 e. The summed E-state index contributed by atoms with van der Waals surface area (Å²) >= 11 is 0.